The molecule has 3 nitrogen and oxygen atoms in total. The van der Waals surface area contributed by atoms with Crippen LogP contribution in [-0.2, 0) is 0 Å². The van der Waals surface area contributed by atoms with Crippen LogP contribution in [-0.4, -0.2) is 25.4 Å². The van der Waals surface area contributed by atoms with Crippen molar-refractivity contribution in [2.24, 2.45) is 4.99 Å². The lowest BCUT2D eigenvalue weighted by atomic mass is 9.88. The van der Waals surface area contributed by atoms with Crippen LogP contribution < -0.4 is 9.64 Å². The molecule has 0 N–H and O–H groups in total. The summed E-state index contributed by atoms with van der Waals surface area (Å²) in [4.78, 5) is 7.03. The van der Waals surface area contributed by atoms with Crippen LogP contribution in [0.4, 0.5) is 11.4 Å². The topological polar surface area (TPSA) is 24.8 Å². The van der Waals surface area contributed by atoms with Crippen molar-refractivity contribution in [1.82, 2.24) is 0 Å². The maximum Gasteiger partial charge on any atom is 0.129 e. The molecular formula is C22H25BrN2O. The first-order chi connectivity index (χ1) is 12.4. The Balaban J connectivity index is 2.08. The average Bonchev–Trinajstić information content (AvgIpc) is 2.59. The van der Waals surface area contributed by atoms with Crippen LogP contribution in [0.15, 0.2) is 51.9 Å². The van der Waals surface area contributed by atoms with Gasteiger partial charge in [-0.15, -0.1) is 0 Å². The Labute approximate surface area is 164 Å². The molecule has 0 amide bonds. The smallest absolute Gasteiger partial charge is 0.129 e. The third-order valence-electron chi connectivity index (χ3n) is 4.81. The molecule has 1 heterocycles. The van der Waals surface area contributed by atoms with Crippen LogP contribution >= 0.6 is 15.9 Å². The summed E-state index contributed by atoms with van der Waals surface area (Å²) in [7, 11) is 1.71. The number of methoxy groups -OCH3 is 1. The molecule has 2 aromatic carbocycles. The van der Waals surface area contributed by atoms with E-state index >= 15 is 0 Å². The van der Waals surface area contributed by atoms with Gasteiger partial charge in [0.15, 0.2) is 0 Å². The normalized spacial score (nSPS) is 15.8. The summed E-state index contributed by atoms with van der Waals surface area (Å²) in [5, 5.41) is 0. The molecule has 0 atom stereocenters. The molecule has 2 aromatic rings. The zero-order chi connectivity index (χ0) is 18.9. The number of aliphatic imine (C=N–C) groups is 1. The highest BCUT2D eigenvalue weighted by Crippen LogP contribution is 2.41. The number of allylic oxidation sites excluding steroid dienone is 1. The van der Waals surface area contributed by atoms with Crippen LogP contribution in [0.3, 0.4) is 0 Å². The van der Waals surface area contributed by atoms with Crippen LogP contribution in [0.1, 0.15) is 38.8 Å². The fourth-order valence-electron chi connectivity index (χ4n) is 3.68. The lowest BCUT2D eigenvalue weighted by molar-refractivity contribution is 0.413. The predicted octanol–water partition coefficient (Wildman–Crippen LogP) is 6.23. The minimum atomic E-state index is -0.0111. The van der Waals surface area contributed by atoms with Gasteiger partial charge in [-0.1, -0.05) is 28.1 Å². The molecule has 0 unspecified atom stereocenters. The van der Waals surface area contributed by atoms with E-state index in [0.29, 0.717) is 0 Å². The van der Waals surface area contributed by atoms with Crippen molar-refractivity contribution in [2.75, 3.05) is 18.6 Å². The lowest BCUT2D eigenvalue weighted by Gasteiger charge is -2.43. The molecule has 0 radical (unpaired) electrons. The summed E-state index contributed by atoms with van der Waals surface area (Å²) in [6.07, 6.45) is 4.21. The number of ether oxygens (including phenoxy) is 1. The van der Waals surface area contributed by atoms with E-state index in [1.807, 2.05) is 30.5 Å². The molecule has 1 aliphatic rings. The second-order valence-electron chi connectivity index (χ2n) is 7.07. The summed E-state index contributed by atoms with van der Waals surface area (Å²) in [5.74, 6) is 0.839. The highest BCUT2D eigenvalue weighted by Gasteiger charge is 2.31. The van der Waals surface area contributed by atoms with E-state index in [1.54, 1.807) is 7.11 Å². The fraction of sp³-hybridized carbons (Fsp3) is 0.318. The van der Waals surface area contributed by atoms with Crippen molar-refractivity contribution >= 4 is 39.1 Å². The van der Waals surface area contributed by atoms with Gasteiger partial charge in [0.05, 0.1) is 18.3 Å². The third-order valence-corrected chi connectivity index (χ3v) is 5.30. The molecule has 0 fully saturated rings. The second-order valence-corrected chi connectivity index (χ2v) is 7.99. The molecule has 26 heavy (non-hydrogen) atoms. The fourth-order valence-corrected chi connectivity index (χ4v) is 4.06. The predicted molar refractivity (Wildman–Crippen MR) is 115 cm³/mol. The zero-order valence-electron chi connectivity index (χ0n) is 16.0. The Morgan fingerprint density at radius 1 is 1.23 bits per heavy atom. The third kappa shape index (κ3) is 3.56. The standard InChI is InChI=1S/C22H25BrN2O/c1-6-25-20-12-21(26-5)16(10-19(20)15(2)13-22(25,3)4)14-24-18-9-7-8-17(23)11-18/h7-14H,6H2,1-5H3. The van der Waals surface area contributed by atoms with Crippen LogP contribution in [0, 0.1) is 0 Å². The van der Waals surface area contributed by atoms with Crippen molar-refractivity contribution in [3.05, 3.63) is 58.1 Å². The quantitative estimate of drug-likeness (QED) is 0.555. The van der Waals surface area contributed by atoms with E-state index in [2.05, 4.69) is 71.7 Å². The van der Waals surface area contributed by atoms with Crippen molar-refractivity contribution in [3.8, 4) is 5.75 Å². The van der Waals surface area contributed by atoms with Gasteiger partial charge in [-0.3, -0.25) is 4.99 Å². The monoisotopic (exact) mass is 412 g/mol. The first-order valence-electron chi connectivity index (χ1n) is 8.85. The van der Waals surface area contributed by atoms with Gasteiger partial charge in [0.1, 0.15) is 5.75 Å². The first kappa shape index (κ1) is 18.7. The van der Waals surface area contributed by atoms with Crippen LogP contribution in [0.25, 0.3) is 5.57 Å². The van der Waals surface area contributed by atoms with Gasteiger partial charge in [-0.05, 0) is 57.5 Å². The number of nitrogens with zero attached hydrogens (tertiary/aromatic N) is 2. The summed E-state index contributed by atoms with van der Waals surface area (Å²) in [6.45, 7) is 9.80. The van der Waals surface area contributed by atoms with E-state index in [-0.39, 0.29) is 5.54 Å². The molecule has 1 aliphatic heterocycles. The molecule has 0 saturated carbocycles. The molecule has 0 spiro atoms. The number of hydrogen-bond acceptors (Lipinski definition) is 3. The summed E-state index contributed by atoms with van der Waals surface area (Å²) in [5.41, 5.74) is 5.62. The van der Waals surface area contributed by atoms with Gasteiger partial charge in [-0.2, -0.15) is 0 Å². The maximum absolute atomic E-state index is 5.67. The Bertz CT molecular complexity index is 884. The average molecular weight is 413 g/mol. The van der Waals surface area contributed by atoms with Crippen molar-refractivity contribution in [3.63, 3.8) is 0 Å². The highest BCUT2D eigenvalue weighted by atomic mass is 79.9. The molecular weight excluding hydrogens is 388 g/mol. The number of anilines is 1. The summed E-state index contributed by atoms with van der Waals surface area (Å²) < 4.78 is 6.69. The van der Waals surface area contributed by atoms with Gasteiger partial charge in [0.2, 0.25) is 0 Å². The Morgan fingerprint density at radius 2 is 2.00 bits per heavy atom. The number of benzene rings is 2. The first-order valence-corrected chi connectivity index (χ1v) is 9.64. The van der Waals surface area contributed by atoms with Gasteiger partial charge in [0.25, 0.3) is 0 Å². The Hall–Kier alpha value is -2.07. The largest absolute Gasteiger partial charge is 0.496 e. The Kier molecular flexibility index (Phi) is 5.24. The number of likely N-dealkylation sites (N-methyl/N-ethyl adjacent to an activating group) is 1. The van der Waals surface area contributed by atoms with Gasteiger partial charge < -0.3 is 9.64 Å². The Morgan fingerprint density at radius 3 is 2.65 bits per heavy atom. The highest BCUT2D eigenvalue weighted by molar-refractivity contribution is 9.10. The molecule has 0 saturated heterocycles. The molecule has 0 bridgehead atoms. The number of hydrogen-bond donors (Lipinski definition) is 0. The van der Waals surface area contributed by atoms with E-state index < -0.39 is 0 Å². The zero-order valence-corrected chi connectivity index (χ0v) is 17.6. The van der Waals surface area contributed by atoms with Gasteiger partial charge in [0, 0.05) is 40.1 Å². The van der Waals surface area contributed by atoms with Crippen LogP contribution in [0.5, 0.6) is 5.75 Å². The summed E-state index contributed by atoms with van der Waals surface area (Å²) in [6, 6.07) is 12.3. The lowest BCUT2D eigenvalue weighted by Crippen LogP contribution is -2.44. The summed E-state index contributed by atoms with van der Waals surface area (Å²) >= 11 is 3.49. The van der Waals surface area contributed by atoms with Crippen molar-refractivity contribution in [2.45, 2.75) is 33.2 Å². The van der Waals surface area contributed by atoms with Crippen molar-refractivity contribution < 1.29 is 4.74 Å². The molecule has 3 rings (SSSR count). The number of fused-ring (bicyclic) bond motifs is 1. The van der Waals surface area contributed by atoms with E-state index in [4.69, 9.17) is 4.74 Å². The van der Waals surface area contributed by atoms with E-state index in [9.17, 15) is 0 Å². The number of halogens is 1. The minimum Gasteiger partial charge on any atom is -0.496 e. The van der Waals surface area contributed by atoms with E-state index in [1.165, 1.54) is 16.8 Å². The molecule has 0 aromatic heterocycles. The maximum atomic E-state index is 5.67. The number of rotatable bonds is 4. The van der Waals surface area contributed by atoms with E-state index in [0.717, 1.165) is 28.0 Å². The molecule has 4 heteroatoms. The van der Waals surface area contributed by atoms with Gasteiger partial charge >= 0.3 is 0 Å². The molecule has 0 aliphatic carbocycles. The van der Waals surface area contributed by atoms with Crippen LogP contribution in [0.2, 0.25) is 0 Å². The second kappa shape index (κ2) is 7.28. The van der Waals surface area contributed by atoms with Crippen molar-refractivity contribution in [1.29, 1.82) is 0 Å². The minimum absolute atomic E-state index is 0.0111. The molecule has 136 valence electrons. The SMILES string of the molecule is CCN1c2cc(OC)c(C=Nc3cccc(Br)c3)cc2C(C)=CC1(C)C. The van der Waals surface area contributed by atoms with Gasteiger partial charge in [-0.25, -0.2) is 0 Å².